The Morgan fingerprint density at radius 2 is 1.96 bits per heavy atom. The van der Waals surface area contributed by atoms with Crippen molar-refractivity contribution in [2.45, 2.75) is 24.7 Å². The molecule has 0 radical (unpaired) electrons. The summed E-state index contributed by atoms with van der Waals surface area (Å²) in [5.41, 5.74) is 0.588. The molecule has 0 saturated carbocycles. The fourth-order valence-corrected chi connectivity index (χ4v) is 3.92. The van der Waals surface area contributed by atoms with Crippen molar-refractivity contribution in [3.05, 3.63) is 47.3 Å². The lowest BCUT2D eigenvalue weighted by Crippen LogP contribution is -2.16. The lowest BCUT2D eigenvalue weighted by Gasteiger charge is -2.09. The van der Waals surface area contributed by atoms with Crippen molar-refractivity contribution in [3.8, 4) is 0 Å². The molecule has 0 atom stereocenters. The molecule has 0 spiro atoms. The maximum Gasteiger partial charge on any atom is 0.335 e. The largest absolute Gasteiger partial charge is 0.478 e. The lowest BCUT2D eigenvalue weighted by molar-refractivity contribution is 0.0696. The molecular weight excluding hydrogens is 320 g/mol. The number of fused-ring (bicyclic) bond motifs is 2. The molecule has 3 rings (SSSR count). The van der Waals surface area contributed by atoms with E-state index in [-0.39, 0.29) is 27.8 Å². The maximum atomic E-state index is 12.8. The molecule has 1 amide bonds. The summed E-state index contributed by atoms with van der Waals surface area (Å²) in [5, 5.41) is 11.5. The van der Waals surface area contributed by atoms with Gasteiger partial charge in [0.15, 0.2) is 0 Å². The van der Waals surface area contributed by atoms with Crippen LogP contribution in [-0.4, -0.2) is 29.4 Å². The smallest absolute Gasteiger partial charge is 0.335 e. The van der Waals surface area contributed by atoms with Gasteiger partial charge in [-0.1, -0.05) is 13.8 Å². The zero-order valence-electron chi connectivity index (χ0n) is 12.4. The molecule has 7 nitrogen and oxygen atoms in total. The van der Waals surface area contributed by atoms with Gasteiger partial charge < -0.3 is 10.4 Å². The number of benzene rings is 1. The van der Waals surface area contributed by atoms with Crippen LogP contribution in [0.25, 0.3) is 0 Å². The topological polar surface area (TPSA) is 105 Å². The molecule has 1 aromatic carbocycles. The van der Waals surface area contributed by atoms with E-state index >= 15 is 0 Å². The predicted molar refractivity (Wildman–Crippen MR) is 82.5 cm³/mol. The monoisotopic (exact) mass is 334 g/mol. The number of hydrogen-bond donors (Lipinski definition) is 2. The Balaban J connectivity index is 2.27. The normalized spacial score (nSPS) is 15.5. The van der Waals surface area contributed by atoms with Crippen LogP contribution in [0.2, 0.25) is 0 Å². The van der Waals surface area contributed by atoms with Crippen LogP contribution in [-0.2, 0) is 10.0 Å². The Bertz CT molecular complexity index is 941. The first-order chi connectivity index (χ1) is 10.7. The van der Waals surface area contributed by atoms with E-state index in [2.05, 4.69) is 5.32 Å². The summed E-state index contributed by atoms with van der Waals surface area (Å²) in [6.07, 6.45) is 1.43. The number of aromatic carboxylic acids is 1. The number of carbonyl (C=O) groups is 2. The minimum atomic E-state index is -3.99. The molecule has 1 aromatic heterocycles. The van der Waals surface area contributed by atoms with Crippen molar-refractivity contribution in [2.75, 3.05) is 5.32 Å². The van der Waals surface area contributed by atoms with Gasteiger partial charge >= 0.3 is 5.97 Å². The SMILES string of the molecule is CC(C)c1cc2n(c1)S(=O)(=O)c1ccc(C(=O)O)cc1NC2=O. The summed E-state index contributed by atoms with van der Waals surface area (Å²) < 4.78 is 26.6. The van der Waals surface area contributed by atoms with E-state index in [0.29, 0.717) is 0 Å². The Kier molecular flexibility index (Phi) is 3.29. The number of nitrogens with one attached hydrogen (secondary N) is 1. The average Bonchev–Trinajstić information content (AvgIpc) is 2.90. The van der Waals surface area contributed by atoms with Gasteiger partial charge in [0.25, 0.3) is 15.9 Å². The van der Waals surface area contributed by atoms with Crippen molar-refractivity contribution in [1.29, 1.82) is 0 Å². The molecule has 0 bridgehead atoms. The zero-order valence-corrected chi connectivity index (χ0v) is 13.2. The van der Waals surface area contributed by atoms with E-state index < -0.39 is 21.9 Å². The van der Waals surface area contributed by atoms with E-state index in [1.54, 1.807) is 0 Å². The van der Waals surface area contributed by atoms with Crippen molar-refractivity contribution in [3.63, 3.8) is 0 Å². The zero-order chi connectivity index (χ0) is 16.9. The Hall–Kier alpha value is -2.61. The fraction of sp³-hybridized carbons (Fsp3) is 0.200. The first kappa shape index (κ1) is 15.3. The summed E-state index contributed by atoms with van der Waals surface area (Å²) in [6, 6.07) is 5.06. The van der Waals surface area contributed by atoms with Gasteiger partial charge in [0.2, 0.25) is 0 Å². The molecule has 0 aliphatic carbocycles. The van der Waals surface area contributed by atoms with Crippen LogP contribution >= 0.6 is 0 Å². The second kappa shape index (κ2) is 4.95. The Morgan fingerprint density at radius 1 is 1.26 bits per heavy atom. The van der Waals surface area contributed by atoms with Crippen LogP contribution in [0.15, 0.2) is 35.4 Å². The van der Waals surface area contributed by atoms with Crippen LogP contribution < -0.4 is 5.32 Å². The van der Waals surface area contributed by atoms with Gasteiger partial charge in [0.05, 0.1) is 11.3 Å². The second-order valence-electron chi connectivity index (χ2n) is 5.58. The van der Waals surface area contributed by atoms with Gasteiger partial charge in [0.1, 0.15) is 10.6 Å². The third-order valence-corrected chi connectivity index (χ3v) is 5.45. The minimum Gasteiger partial charge on any atom is -0.478 e. The standard InChI is InChI=1S/C15H14N2O5S/c1-8(2)10-6-12-14(18)16-11-5-9(15(19)20)3-4-13(11)23(21,22)17(12)7-10/h3-8H,1-2H3,(H,16,18)(H,19,20). The maximum absolute atomic E-state index is 12.8. The number of rotatable bonds is 2. The number of carbonyl (C=O) groups excluding carboxylic acids is 1. The highest BCUT2D eigenvalue weighted by Crippen LogP contribution is 2.31. The molecule has 23 heavy (non-hydrogen) atoms. The van der Waals surface area contributed by atoms with E-state index in [1.165, 1.54) is 24.4 Å². The van der Waals surface area contributed by atoms with Gasteiger partial charge in [-0.25, -0.2) is 17.2 Å². The second-order valence-corrected chi connectivity index (χ2v) is 7.37. The van der Waals surface area contributed by atoms with Gasteiger partial charge in [-0.2, -0.15) is 0 Å². The van der Waals surface area contributed by atoms with Gasteiger partial charge in [-0.05, 0) is 35.7 Å². The first-order valence-corrected chi connectivity index (χ1v) is 8.32. The number of hydrogen-bond acceptors (Lipinski definition) is 4. The van der Waals surface area contributed by atoms with Crippen molar-refractivity contribution in [1.82, 2.24) is 3.97 Å². The third-order valence-electron chi connectivity index (χ3n) is 3.72. The van der Waals surface area contributed by atoms with E-state index in [4.69, 9.17) is 5.11 Å². The molecule has 0 saturated heterocycles. The highest BCUT2D eigenvalue weighted by Gasteiger charge is 2.31. The van der Waals surface area contributed by atoms with Crippen molar-refractivity contribution >= 4 is 27.6 Å². The molecule has 1 aliphatic heterocycles. The molecule has 0 unspecified atom stereocenters. The molecule has 2 aromatic rings. The molecule has 1 aliphatic rings. The first-order valence-electron chi connectivity index (χ1n) is 6.88. The summed E-state index contributed by atoms with van der Waals surface area (Å²) in [5.74, 6) is -1.74. The predicted octanol–water partition coefficient (Wildman–Crippen LogP) is 2.11. The van der Waals surface area contributed by atoms with E-state index in [9.17, 15) is 18.0 Å². The molecule has 120 valence electrons. The Labute approximate surface area is 132 Å². The van der Waals surface area contributed by atoms with Crippen molar-refractivity contribution in [2.24, 2.45) is 0 Å². The Morgan fingerprint density at radius 3 is 2.57 bits per heavy atom. The van der Waals surface area contributed by atoms with E-state index in [0.717, 1.165) is 15.6 Å². The number of carboxylic acid groups (broad SMARTS) is 1. The van der Waals surface area contributed by atoms with Crippen molar-refractivity contribution < 1.29 is 23.1 Å². The third kappa shape index (κ3) is 2.31. The van der Waals surface area contributed by atoms with Gasteiger partial charge in [0, 0.05) is 6.20 Å². The lowest BCUT2D eigenvalue weighted by atomic mass is 10.1. The van der Waals surface area contributed by atoms with Gasteiger partial charge in [-0.15, -0.1) is 0 Å². The number of aromatic nitrogens is 1. The van der Waals surface area contributed by atoms with Crippen LogP contribution in [0.3, 0.4) is 0 Å². The summed E-state index contributed by atoms with van der Waals surface area (Å²) in [4.78, 5) is 23.2. The van der Waals surface area contributed by atoms with Crippen LogP contribution in [0.5, 0.6) is 0 Å². The number of anilines is 1. The van der Waals surface area contributed by atoms with Crippen LogP contribution in [0, 0.1) is 0 Å². The van der Waals surface area contributed by atoms with Gasteiger partial charge in [-0.3, -0.25) is 4.79 Å². The molecule has 2 heterocycles. The molecule has 0 fully saturated rings. The summed E-state index contributed by atoms with van der Waals surface area (Å²) in [7, 11) is -3.99. The highest BCUT2D eigenvalue weighted by molar-refractivity contribution is 7.90. The molecule has 8 heteroatoms. The number of amides is 1. The molecule has 2 N–H and O–H groups in total. The average molecular weight is 334 g/mol. The van der Waals surface area contributed by atoms with Crippen LogP contribution in [0.4, 0.5) is 5.69 Å². The summed E-state index contributed by atoms with van der Waals surface area (Å²) in [6.45, 7) is 3.79. The quantitative estimate of drug-likeness (QED) is 0.875. The number of nitrogens with zero attached hydrogens (tertiary/aromatic N) is 1. The molecular formula is C15H14N2O5S. The minimum absolute atomic E-state index is 0.00164. The summed E-state index contributed by atoms with van der Waals surface area (Å²) >= 11 is 0. The fourth-order valence-electron chi connectivity index (χ4n) is 2.42. The number of carboxylic acids is 1. The highest BCUT2D eigenvalue weighted by atomic mass is 32.2. The van der Waals surface area contributed by atoms with Crippen LogP contribution in [0.1, 0.15) is 46.2 Å². The van der Waals surface area contributed by atoms with E-state index in [1.807, 2.05) is 13.8 Å².